The van der Waals surface area contributed by atoms with Crippen molar-refractivity contribution in [3.05, 3.63) is 48.6 Å². The fraction of sp³-hybridized carbons (Fsp3) is 0.500. The Morgan fingerprint density at radius 1 is 1.06 bits per heavy atom. The van der Waals surface area contributed by atoms with Crippen molar-refractivity contribution in [2.45, 2.75) is 69.6 Å². The first-order chi connectivity index (χ1) is 15.2. The van der Waals surface area contributed by atoms with Gasteiger partial charge in [0.15, 0.2) is 0 Å². The predicted octanol–water partition coefficient (Wildman–Crippen LogP) is 1.06. The molecule has 3 rings (SSSR count). The van der Waals surface area contributed by atoms with E-state index in [9.17, 15) is 19.2 Å². The molecule has 0 unspecified atom stereocenters. The van der Waals surface area contributed by atoms with E-state index in [1.165, 1.54) is 0 Å². The van der Waals surface area contributed by atoms with Gasteiger partial charge in [0.1, 0.15) is 23.7 Å². The largest absolute Gasteiger partial charge is 0.343 e. The zero-order valence-corrected chi connectivity index (χ0v) is 18.7. The lowest BCUT2D eigenvalue weighted by molar-refractivity contribution is -0.144. The highest BCUT2D eigenvalue weighted by Crippen LogP contribution is 2.21. The summed E-state index contributed by atoms with van der Waals surface area (Å²) in [5.41, 5.74) is -0.377. The third-order valence-corrected chi connectivity index (χ3v) is 6.02. The van der Waals surface area contributed by atoms with Gasteiger partial charge in [-0.05, 0) is 45.1 Å². The molecule has 4 amide bonds. The molecule has 2 saturated heterocycles. The van der Waals surface area contributed by atoms with E-state index >= 15 is 0 Å². The first-order valence-electron chi connectivity index (χ1n) is 11.1. The highest BCUT2D eigenvalue weighted by molar-refractivity contribution is 5.99. The summed E-state index contributed by atoms with van der Waals surface area (Å²) in [6, 6.07) is 7.08. The molecule has 0 aromatic heterocycles. The Labute approximate surface area is 188 Å². The molecule has 32 heavy (non-hydrogen) atoms. The monoisotopic (exact) mass is 440 g/mol. The van der Waals surface area contributed by atoms with Crippen LogP contribution in [0, 0.1) is 0 Å². The van der Waals surface area contributed by atoms with Crippen molar-refractivity contribution in [2.75, 3.05) is 6.54 Å². The number of hydrogen-bond acceptors (Lipinski definition) is 4. The summed E-state index contributed by atoms with van der Waals surface area (Å²) in [5.74, 6) is -1.52. The number of carbonyl (C=O) groups excluding carboxylic acids is 4. The maximum Gasteiger partial charge on any atom is 0.246 e. The van der Waals surface area contributed by atoms with Gasteiger partial charge in [-0.3, -0.25) is 19.2 Å². The molecule has 0 radical (unpaired) electrons. The van der Waals surface area contributed by atoms with Crippen molar-refractivity contribution < 1.29 is 19.2 Å². The van der Waals surface area contributed by atoms with Crippen LogP contribution in [0.5, 0.6) is 0 Å². The Kier molecular flexibility index (Phi) is 7.33. The van der Waals surface area contributed by atoms with Crippen LogP contribution in [0.1, 0.15) is 45.1 Å². The summed E-state index contributed by atoms with van der Waals surface area (Å²) in [6.07, 6.45) is 4.05. The normalized spacial score (nSPS) is 26.2. The summed E-state index contributed by atoms with van der Waals surface area (Å²) >= 11 is 0. The molecule has 2 aliphatic rings. The summed E-state index contributed by atoms with van der Waals surface area (Å²) in [5, 5.41) is 8.38. The minimum atomic E-state index is -1.27. The van der Waals surface area contributed by atoms with E-state index < -0.39 is 35.5 Å². The van der Waals surface area contributed by atoms with Gasteiger partial charge in [0.2, 0.25) is 23.6 Å². The van der Waals surface area contributed by atoms with Gasteiger partial charge in [0.25, 0.3) is 0 Å². The lowest BCUT2D eigenvalue weighted by Crippen LogP contribution is -2.64. The number of rotatable bonds is 5. The van der Waals surface area contributed by atoms with Crippen molar-refractivity contribution in [3.63, 3.8) is 0 Å². The molecule has 2 fully saturated rings. The van der Waals surface area contributed by atoms with Crippen molar-refractivity contribution in [1.29, 1.82) is 0 Å². The zero-order valence-electron chi connectivity index (χ0n) is 18.7. The Balaban J connectivity index is 1.94. The fourth-order valence-electron chi connectivity index (χ4n) is 4.16. The first kappa shape index (κ1) is 23.5. The standard InChI is InChI=1S/C24H32N4O4/c1-4-5-12-17-20(29)27-24(2,3)23(32)26-18(15-16-10-7-6-8-11-16)22(31)28-14-9-13-19(28)21(30)25-17/h4,6-8,10-11,17-19H,1,5,9,12-15H2,2-3H3,(H,25,30)(H,26,32)(H,27,29)/t17-,18-,19+/m1/s1. The topological polar surface area (TPSA) is 108 Å². The molecule has 3 atom stereocenters. The molecule has 0 bridgehead atoms. The second-order valence-electron chi connectivity index (χ2n) is 8.95. The van der Waals surface area contributed by atoms with E-state index in [0.29, 0.717) is 38.6 Å². The average molecular weight is 441 g/mol. The molecule has 8 heteroatoms. The fourth-order valence-corrected chi connectivity index (χ4v) is 4.16. The number of nitrogens with one attached hydrogen (secondary N) is 3. The van der Waals surface area contributed by atoms with Crippen LogP contribution in [0.25, 0.3) is 0 Å². The third kappa shape index (κ3) is 5.36. The summed E-state index contributed by atoms with van der Waals surface area (Å²) < 4.78 is 0. The Hall–Kier alpha value is -3.16. The van der Waals surface area contributed by atoms with Crippen LogP contribution >= 0.6 is 0 Å². The molecular weight excluding hydrogens is 408 g/mol. The molecule has 0 spiro atoms. The minimum absolute atomic E-state index is 0.287. The Morgan fingerprint density at radius 3 is 2.47 bits per heavy atom. The highest BCUT2D eigenvalue weighted by atomic mass is 16.2. The number of fused-ring (bicyclic) bond motifs is 1. The first-order valence-corrected chi connectivity index (χ1v) is 11.1. The Bertz CT molecular complexity index is 883. The lowest BCUT2D eigenvalue weighted by atomic mass is 9.98. The van der Waals surface area contributed by atoms with E-state index in [-0.39, 0.29) is 11.8 Å². The van der Waals surface area contributed by atoms with E-state index in [0.717, 1.165) is 5.56 Å². The highest BCUT2D eigenvalue weighted by Gasteiger charge is 2.42. The number of benzene rings is 1. The van der Waals surface area contributed by atoms with E-state index in [1.54, 1.807) is 24.8 Å². The van der Waals surface area contributed by atoms with Crippen LogP contribution in [-0.4, -0.2) is 58.7 Å². The summed E-state index contributed by atoms with van der Waals surface area (Å²) in [4.78, 5) is 54.2. The second-order valence-corrected chi connectivity index (χ2v) is 8.95. The van der Waals surface area contributed by atoms with Gasteiger partial charge in [-0.25, -0.2) is 0 Å². The van der Waals surface area contributed by atoms with Gasteiger partial charge < -0.3 is 20.9 Å². The van der Waals surface area contributed by atoms with Gasteiger partial charge in [0.05, 0.1) is 0 Å². The summed E-state index contributed by atoms with van der Waals surface area (Å²) in [6.45, 7) is 7.28. The molecule has 0 saturated carbocycles. The van der Waals surface area contributed by atoms with Crippen LogP contribution in [0.2, 0.25) is 0 Å². The lowest BCUT2D eigenvalue weighted by Gasteiger charge is -2.34. The maximum atomic E-state index is 13.5. The molecule has 172 valence electrons. The van der Waals surface area contributed by atoms with Crippen LogP contribution < -0.4 is 16.0 Å². The summed E-state index contributed by atoms with van der Waals surface area (Å²) in [7, 11) is 0. The van der Waals surface area contributed by atoms with E-state index in [4.69, 9.17) is 0 Å². The number of carbonyl (C=O) groups is 4. The zero-order chi connectivity index (χ0) is 23.3. The van der Waals surface area contributed by atoms with Crippen molar-refractivity contribution >= 4 is 23.6 Å². The van der Waals surface area contributed by atoms with Gasteiger partial charge >= 0.3 is 0 Å². The quantitative estimate of drug-likeness (QED) is 0.595. The molecule has 8 nitrogen and oxygen atoms in total. The van der Waals surface area contributed by atoms with E-state index in [1.807, 2.05) is 30.3 Å². The minimum Gasteiger partial charge on any atom is -0.343 e. The molecule has 0 aliphatic carbocycles. The van der Waals surface area contributed by atoms with Crippen molar-refractivity contribution in [2.24, 2.45) is 0 Å². The molecule has 1 aromatic rings. The molecule has 1 aromatic carbocycles. The van der Waals surface area contributed by atoms with Crippen LogP contribution in [0.15, 0.2) is 43.0 Å². The smallest absolute Gasteiger partial charge is 0.246 e. The number of hydrogen-bond donors (Lipinski definition) is 3. The van der Waals surface area contributed by atoms with Crippen LogP contribution in [-0.2, 0) is 25.6 Å². The second kappa shape index (κ2) is 9.97. The maximum absolute atomic E-state index is 13.5. The molecular formula is C24H32N4O4. The molecule has 3 N–H and O–H groups in total. The SMILES string of the molecule is C=CCC[C@H]1NC(=O)[C@@H]2CCCN2C(=O)[C@@H](Cc2ccccc2)NC(=O)C(C)(C)NC1=O. The number of nitrogens with zero attached hydrogens (tertiary/aromatic N) is 1. The van der Waals surface area contributed by atoms with Gasteiger partial charge in [-0.15, -0.1) is 6.58 Å². The van der Waals surface area contributed by atoms with Crippen LogP contribution in [0.4, 0.5) is 0 Å². The van der Waals surface area contributed by atoms with Gasteiger partial charge in [-0.2, -0.15) is 0 Å². The molecule has 2 heterocycles. The third-order valence-electron chi connectivity index (χ3n) is 6.02. The van der Waals surface area contributed by atoms with Crippen molar-refractivity contribution in [1.82, 2.24) is 20.9 Å². The van der Waals surface area contributed by atoms with Gasteiger partial charge in [-0.1, -0.05) is 36.4 Å². The van der Waals surface area contributed by atoms with Crippen LogP contribution in [0.3, 0.4) is 0 Å². The predicted molar refractivity (Wildman–Crippen MR) is 120 cm³/mol. The number of allylic oxidation sites excluding steroid dienone is 1. The van der Waals surface area contributed by atoms with Crippen molar-refractivity contribution in [3.8, 4) is 0 Å². The Morgan fingerprint density at radius 2 is 1.78 bits per heavy atom. The molecule has 2 aliphatic heterocycles. The van der Waals surface area contributed by atoms with E-state index in [2.05, 4.69) is 22.5 Å². The average Bonchev–Trinajstić information content (AvgIpc) is 3.25. The van der Waals surface area contributed by atoms with Gasteiger partial charge in [0, 0.05) is 13.0 Å². The number of amides is 4.